The van der Waals surface area contributed by atoms with Gasteiger partial charge in [0.2, 0.25) is 0 Å². The maximum absolute atomic E-state index is 12.5. The summed E-state index contributed by atoms with van der Waals surface area (Å²) in [6.07, 6.45) is 30.0. The molecular weight excluding hydrogens is 442 g/mol. The molecule has 0 aromatic rings. The lowest BCUT2D eigenvalue weighted by atomic mass is 10.0. The topological polar surface area (TPSA) is 29.5 Å². The highest BCUT2D eigenvalue weighted by molar-refractivity contribution is 5.69. The monoisotopic (exact) mass is 510 g/mol. The summed E-state index contributed by atoms with van der Waals surface area (Å²) < 4.78 is 5.99. The zero-order valence-electron chi connectivity index (χ0n) is 25.4. The van der Waals surface area contributed by atoms with E-state index in [1.165, 1.54) is 142 Å². The van der Waals surface area contributed by atoms with Crippen LogP contribution in [0.3, 0.4) is 0 Å². The van der Waals surface area contributed by atoms with Crippen LogP contribution < -0.4 is 0 Å². The van der Waals surface area contributed by atoms with Crippen molar-refractivity contribution in [2.24, 2.45) is 0 Å². The van der Waals surface area contributed by atoms with Gasteiger partial charge in [-0.2, -0.15) is 0 Å². The van der Waals surface area contributed by atoms with E-state index in [0.717, 1.165) is 25.7 Å². The van der Waals surface area contributed by atoms with Gasteiger partial charge >= 0.3 is 5.97 Å². The van der Waals surface area contributed by atoms with Crippen LogP contribution >= 0.6 is 0 Å². The maximum atomic E-state index is 12.5. The first-order valence-electron chi connectivity index (χ1n) is 16.6. The van der Waals surface area contributed by atoms with Crippen molar-refractivity contribution in [1.82, 2.24) is 4.90 Å². The normalized spacial score (nSPS) is 11.6. The second-order valence-corrected chi connectivity index (χ2v) is 11.2. The van der Waals surface area contributed by atoms with Crippen LogP contribution in [0.25, 0.3) is 0 Å². The van der Waals surface area contributed by atoms with Crippen molar-refractivity contribution in [3.05, 3.63) is 0 Å². The summed E-state index contributed by atoms with van der Waals surface area (Å²) in [7, 11) is 0. The van der Waals surface area contributed by atoms with Crippen molar-refractivity contribution >= 4 is 5.97 Å². The molecule has 0 N–H and O–H groups in total. The Balaban J connectivity index is 4.00. The van der Waals surface area contributed by atoms with Crippen molar-refractivity contribution in [2.45, 2.75) is 188 Å². The molecule has 0 unspecified atom stereocenters. The highest BCUT2D eigenvalue weighted by atomic mass is 16.5. The van der Waals surface area contributed by atoms with E-state index in [0.29, 0.717) is 6.42 Å². The van der Waals surface area contributed by atoms with E-state index in [1.54, 1.807) is 0 Å². The third kappa shape index (κ3) is 25.1. The number of hydrogen-bond acceptors (Lipinski definition) is 3. The van der Waals surface area contributed by atoms with E-state index >= 15 is 0 Å². The van der Waals surface area contributed by atoms with Crippen LogP contribution in [0.4, 0.5) is 0 Å². The number of ether oxygens (including phenoxy) is 1. The van der Waals surface area contributed by atoms with Crippen molar-refractivity contribution in [3.8, 4) is 0 Å². The van der Waals surface area contributed by atoms with Gasteiger partial charge in [-0.1, -0.05) is 130 Å². The molecule has 0 radical (unpaired) electrons. The number of esters is 1. The first-order valence-corrected chi connectivity index (χ1v) is 16.6. The summed E-state index contributed by atoms with van der Waals surface area (Å²) >= 11 is 0. The van der Waals surface area contributed by atoms with E-state index in [9.17, 15) is 4.79 Å². The predicted octanol–water partition coefficient (Wildman–Crippen LogP) is 10.6. The molecule has 3 nitrogen and oxygen atoms in total. The van der Waals surface area contributed by atoms with Gasteiger partial charge in [0.15, 0.2) is 0 Å². The van der Waals surface area contributed by atoms with Crippen molar-refractivity contribution in [1.29, 1.82) is 0 Å². The summed E-state index contributed by atoms with van der Waals surface area (Å²) in [6, 6.07) is 0. The Morgan fingerprint density at radius 2 is 0.917 bits per heavy atom. The molecule has 3 heteroatoms. The van der Waals surface area contributed by atoms with E-state index in [-0.39, 0.29) is 12.1 Å². The largest absolute Gasteiger partial charge is 0.462 e. The molecule has 216 valence electrons. The van der Waals surface area contributed by atoms with E-state index in [4.69, 9.17) is 4.74 Å². The molecule has 0 aliphatic rings. The Bertz CT molecular complexity index is 423. The number of unbranched alkanes of at least 4 members (excludes halogenated alkanes) is 17. The maximum Gasteiger partial charge on any atom is 0.306 e. The lowest BCUT2D eigenvalue weighted by Gasteiger charge is -2.20. The Labute approximate surface area is 227 Å². The van der Waals surface area contributed by atoms with Gasteiger partial charge in [0, 0.05) is 6.42 Å². The number of hydrogen-bond donors (Lipinski definition) is 0. The molecule has 0 heterocycles. The summed E-state index contributed by atoms with van der Waals surface area (Å²) in [4.78, 5) is 15.1. The fourth-order valence-electron chi connectivity index (χ4n) is 5.14. The number of carbonyl (C=O) groups excluding carboxylic acids is 1. The smallest absolute Gasteiger partial charge is 0.306 e. The molecule has 0 bridgehead atoms. The van der Waals surface area contributed by atoms with Crippen molar-refractivity contribution in [2.75, 3.05) is 19.6 Å². The summed E-state index contributed by atoms with van der Waals surface area (Å²) in [5.74, 6) is 0.0567. The molecule has 0 atom stereocenters. The van der Waals surface area contributed by atoms with E-state index < -0.39 is 0 Å². The minimum Gasteiger partial charge on any atom is -0.462 e. The molecule has 0 aromatic carbocycles. The van der Waals surface area contributed by atoms with Crippen LogP contribution in [0.15, 0.2) is 0 Å². The fourth-order valence-corrected chi connectivity index (χ4v) is 5.14. The minimum atomic E-state index is 0.0567. The Morgan fingerprint density at radius 3 is 1.39 bits per heavy atom. The van der Waals surface area contributed by atoms with Gasteiger partial charge in [0.05, 0.1) is 0 Å². The summed E-state index contributed by atoms with van der Waals surface area (Å²) in [5, 5.41) is 0. The SMILES string of the molecule is CCCCCCCCC(CCCCCCCC)OC(=O)CCCCCCCN(CC)CCCCCC. The minimum absolute atomic E-state index is 0.0567. The van der Waals surface area contributed by atoms with Crippen LogP contribution in [-0.2, 0) is 9.53 Å². The van der Waals surface area contributed by atoms with Gasteiger partial charge in [-0.15, -0.1) is 0 Å². The third-order valence-corrected chi connectivity index (χ3v) is 7.69. The molecule has 0 saturated heterocycles. The lowest BCUT2D eigenvalue weighted by molar-refractivity contribution is -0.150. The molecule has 0 saturated carbocycles. The average Bonchev–Trinajstić information content (AvgIpc) is 2.88. The molecule has 0 rings (SSSR count). The van der Waals surface area contributed by atoms with Crippen molar-refractivity contribution in [3.63, 3.8) is 0 Å². The average molecular weight is 510 g/mol. The van der Waals surface area contributed by atoms with E-state index in [1.807, 2.05) is 0 Å². The standard InChI is InChI=1S/C33H67NO2/c1-5-9-12-15-18-22-27-32(28-23-19-16-13-10-6-2)36-33(35)29-24-20-17-21-26-31-34(8-4)30-25-14-11-7-3/h32H,5-31H2,1-4H3. The van der Waals surface area contributed by atoms with Crippen LogP contribution in [0, 0.1) is 0 Å². The number of nitrogens with zero attached hydrogens (tertiary/aromatic N) is 1. The first kappa shape index (κ1) is 35.4. The number of rotatable bonds is 29. The summed E-state index contributed by atoms with van der Waals surface area (Å²) in [6.45, 7) is 12.8. The van der Waals surface area contributed by atoms with Crippen LogP contribution in [-0.4, -0.2) is 36.6 Å². The van der Waals surface area contributed by atoms with Gasteiger partial charge in [-0.05, 0) is 64.6 Å². The fraction of sp³-hybridized carbons (Fsp3) is 0.970. The third-order valence-electron chi connectivity index (χ3n) is 7.69. The quantitative estimate of drug-likeness (QED) is 0.0741. The Kier molecular flexibility index (Phi) is 28.5. The van der Waals surface area contributed by atoms with Gasteiger partial charge in [-0.3, -0.25) is 4.79 Å². The second-order valence-electron chi connectivity index (χ2n) is 11.2. The highest BCUT2D eigenvalue weighted by Gasteiger charge is 2.14. The molecule has 0 aliphatic carbocycles. The molecule has 0 amide bonds. The molecule has 0 aromatic heterocycles. The zero-order chi connectivity index (χ0) is 26.5. The summed E-state index contributed by atoms with van der Waals surface area (Å²) in [5.41, 5.74) is 0. The van der Waals surface area contributed by atoms with Crippen LogP contribution in [0.1, 0.15) is 182 Å². The Morgan fingerprint density at radius 1 is 0.528 bits per heavy atom. The molecule has 36 heavy (non-hydrogen) atoms. The molecular formula is C33H67NO2. The second kappa shape index (κ2) is 29.0. The molecule has 0 fully saturated rings. The zero-order valence-corrected chi connectivity index (χ0v) is 25.4. The highest BCUT2D eigenvalue weighted by Crippen LogP contribution is 2.18. The van der Waals surface area contributed by atoms with E-state index in [2.05, 4.69) is 32.6 Å². The van der Waals surface area contributed by atoms with Crippen LogP contribution in [0.2, 0.25) is 0 Å². The van der Waals surface area contributed by atoms with Gasteiger partial charge in [-0.25, -0.2) is 0 Å². The first-order chi connectivity index (χ1) is 17.7. The van der Waals surface area contributed by atoms with Gasteiger partial charge in [0.1, 0.15) is 6.10 Å². The van der Waals surface area contributed by atoms with Crippen LogP contribution in [0.5, 0.6) is 0 Å². The molecule has 0 aliphatic heterocycles. The van der Waals surface area contributed by atoms with Gasteiger partial charge < -0.3 is 9.64 Å². The molecule has 0 spiro atoms. The predicted molar refractivity (Wildman–Crippen MR) is 160 cm³/mol. The van der Waals surface area contributed by atoms with Gasteiger partial charge in [0.25, 0.3) is 0 Å². The Hall–Kier alpha value is -0.570. The number of carbonyl (C=O) groups is 1. The van der Waals surface area contributed by atoms with Crippen molar-refractivity contribution < 1.29 is 9.53 Å². The lowest BCUT2D eigenvalue weighted by Crippen LogP contribution is -2.25.